The first-order chi connectivity index (χ1) is 5.79. The van der Waals surface area contributed by atoms with Gasteiger partial charge in [0.2, 0.25) is 5.97 Å². The molecule has 0 atom stereocenters. The average molecular weight is 167 g/mol. The topological polar surface area (TPSA) is 12.4 Å². The van der Waals surface area contributed by atoms with E-state index in [4.69, 9.17) is 0 Å². The van der Waals surface area contributed by atoms with Gasteiger partial charge in [-0.3, -0.25) is 4.99 Å². The van der Waals surface area contributed by atoms with E-state index in [0.29, 0.717) is 0 Å². The van der Waals surface area contributed by atoms with Gasteiger partial charge >= 0.3 is 0 Å². The Morgan fingerprint density at radius 3 is 3.00 bits per heavy atom. The van der Waals surface area contributed by atoms with Gasteiger partial charge in [-0.15, -0.1) is 0 Å². The van der Waals surface area contributed by atoms with Gasteiger partial charge in [-0.05, 0) is 24.8 Å². The molecular weight excluding hydrogens is 153 g/mol. The van der Waals surface area contributed by atoms with Crippen LogP contribution in [0.1, 0.15) is 26.2 Å². The molecule has 1 rings (SSSR count). The molecule has 0 heterocycles. The van der Waals surface area contributed by atoms with E-state index in [0.717, 1.165) is 30.4 Å². The number of aliphatic imine (C=N–C) groups is 1. The Hall–Kier alpha value is -0.920. The predicted molar refractivity (Wildman–Crippen MR) is 50.2 cm³/mol. The highest BCUT2D eigenvalue weighted by molar-refractivity contribution is 5.94. The lowest BCUT2D eigenvalue weighted by Gasteiger charge is -2.11. The Morgan fingerprint density at radius 2 is 2.42 bits per heavy atom. The van der Waals surface area contributed by atoms with E-state index in [2.05, 4.69) is 11.1 Å². The summed E-state index contributed by atoms with van der Waals surface area (Å²) >= 11 is 0. The van der Waals surface area contributed by atoms with Crippen molar-refractivity contribution in [1.29, 1.82) is 0 Å². The molecule has 0 fully saturated rings. The molecule has 0 saturated heterocycles. The van der Waals surface area contributed by atoms with Crippen LogP contribution < -0.4 is 0 Å². The number of halogens is 1. The maximum atomic E-state index is 13.1. The van der Waals surface area contributed by atoms with Gasteiger partial charge in [0, 0.05) is 12.6 Å². The van der Waals surface area contributed by atoms with Crippen molar-refractivity contribution in [1.82, 2.24) is 0 Å². The van der Waals surface area contributed by atoms with Crippen LogP contribution in [0.25, 0.3) is 0 Å². The molecule has 0 bridgehead atoms. The fraction of sp³-hybridized carbons (Fsp3) is 0.500. The Morgan fingerprint density at radius 1 is 1.67 bits per heavy atom. The molecule has 0 aromatic carbocycles. The summed E-state index contributed by atoms with van der Waals surface area (Å²) < 4.78 is 13.1. The summed E-state index contributed by atoms with van der Waals surface area (Å²) in [6.07, 6.45) is 6.70. The normalized spacial score (nSPS) is 18.8. The van der Waals surface area contributed by atoms with E-state index in [1.807, 2.05) is 13.0 Å². The zero-order valence-electron chi connectivity index (χ0n) is 7.60. The molecule has 0 saturated carbocycles. The Balaban J connectivity index is 2.96. The summed E-state index contributed by atoms with van der Waals surface area (Å²) in [7, 11) is 1.49. The smallest absolute Gasteiger partial charge is 0.211 e. The van der Waals surface area contributed by atoms with Crippen LogP contribution in [-0.4, -0.2) is 13.0 Å². The minimum Gasteiger partial charge on any atom is -0.261 e. The van der Waals surface area contributed by atoms with Gasteiger partial charge < -0.3 is 0 Å². The minimum absolute atomic E-state index is 0.295. The van der Waals surface area contributed by atoms with Crippen molar-refractivity contribution in [3.05, 3.63) is 23.3 Å². The molecule has 0 aromatic rings. The van der Waals surface area contributed by atoms with Crippen molar-refractivity contribution in [2.24, 2.45) is 4.99 Å². The largest absolute Gasteiger partial charge is 0.261 e. The minimum atomic E-state index is -0.295. The van der Waals surface area contributed by atoms with Crippen LogP contribution in [0.3, 0.4) is 0 Å². The van der Waals surface area contributed by atoms with Gasteiger partial charge in [-0.25, -0.2) is 0 Å². The maximum absolute atomic E-state index is 13.1. The number of nitrogens with zero attached hydrogens (tertiary/aromatic N) is 1. The molecule has 0 aliphatic heterocycles. The van der Waals surface area contributed by atoms with E-state index in [9.17, 15) is 4.39 Å². The second kappa shape index (κ2) is 4.19. The van der Waals surface area contributed by atoms with E-state index in [1.165, 1.54) is 7.05 Å². The van der Waals surface area contributed by atoms with Crippen LogP contribution in [0.15, 0.2) is 28.3 Å². The monoisotopic (exact) mass is 167 g/mol. The zero-order valence-corrected chi connectivity index (χ0v) is 7.60. The molecule has 1 aliphatic rings. The van der Waals surface area contributed by atoms with Gasteiger partial charge in [-0.2, -0.15) is 4.39 Å². The van der Waals surface area contributed by atoms with Crippen LogP contribution in [0.5, 0.6) is 0 Å². The fourth-order valence-electron chi connectivity index (χ4n) is 1.42. The van der Waals surface area contributed by atoms with Gasteiger partial charge in [0.25, 0.3) is 0 Å². The van der Waals surface area contributed by atoms with Crippen molar-refractivity contribution in [3.63, 3.8) is 0 Å². The van der Waals surface area contributed by atoms with E-state index in [1.54, 1.807) is 0 Å². The number of allylic oxidation sites excluding steroid dienone is 4. The van der Waals surface area contributed by atoms with E-state index < -0.39 is 0 Å². The summed E-state index contributed by atoms with van der Waals surface area (Å²) in [5.74, 6) is -0.295. The summed E-state index contributed by atoms with van der Waals surface area (Å²) in [5, 5.41) is 0. The first kappa shape index (κ1) is 9.17. The lowest BCUT2D eigenvalue weighted by molar-refractivity contribution is 0.777. The molecule has 0 spiro atoms. The third kappa shape index (κ3) is 1.81. The molecule has 0 N–H and O–H groups in total. The maximum Gasteiger partial charge on any atom is 0.211 e. The third-order valence-corrected chi connectivity index (χ3v) is 2.09. The van der Waals surface area contributed by atoms with Crippen LogP contribution in [-0.2, 0) is 0 Å². The standard InChI is InChI=1S/C10H14FN/c1-3-8-6-4-5-7-9(8)10(11)12-2/h4,6H,3,5,7H2,1-2H3. The SMILES string of the molecule is CCC1=C(C(F)=NC)CCC=C1. The third-order valence-electron chi connectivity index (χ3n) is 2.09. The summed E-state index contributed by atoms with van der Waals surface area (Å²) in [4.78, 5) is 3.57. The molecular formula is C10H14FN. The predicted octanol–water partition coefficient (Wildman–Crippen LogP) is 3.04. The fourth-order valence-corrected chi connectivity index (χ4v) is 1.42. The zero-order chi connectivity index (χ0) is 8.97. The Kier molecular flexibility index (Phi) is 3.20. The van der Waals surface area contributed by atoms with Gasteiger partial charge in [0.15, 0.2) is 0 Å². The number of rotatable bonds is 2. The molecule has 1 aliphatic carbocycles. The lowest BCUT2D eigenvalue weighted by atomic mass is 9.96. The first-order valence-corrected chi connectivity index (χ1v) is 4.30. The molecule has 0 radical (unpaired) electrons. The van der Waals surface area contributed by atoms with Gasteiger partial charge in [0.1, 0.15) is 0 Å². The molecule has 1 nitrogen and oxygen atoms in total. The summed E-state index contributed by atoms with van der Waals surface area (Å²) in [6, 6.07) is 0. The highest BCUT2D eigenvalue weighted by Gasteiger charge is 2.11. The van der Waals surface area contributed by atoms with Crippen molar-refractivity contribution >= 4 is 5.97 Å². The van der Waals surface area contributed by atoms with Crippen molar-refractivity contribution < 1.29 is 4.39 Å². The van der Waals surface area contributed by atoms with Crippen LogP contribution in [0.4, 0.5) is 4.39 Å². The molecule has 0 amide bonds. The Bertz CT molecular complexity index is 249. The summed E-state index contributed by atoms with van der Waals surface area (Å²) in [5.41, 5.74) is 1.88. The highest BCUT2D eigenvalue weighted by Crippen LogP contribution is 2.22. The second-order valence-electron chi connectivity index (χ2n) is 2.81. The molecule has 0 aromatic heterocycles. The molecule has 66 valence electrons. The quantitative estimate of drug-likeness (QED) is 0.560. The molecule has 12 heavy (non-hydrogen) atoms. The van der Waals surface area contributed by atoms with Crippen molar-refractivity contribution in [3.8, 4) is 0 Å². The van der Waals surface area contributed by atoms with E-state index in [-0.39, 0.29) is 5.97 Å². The van der Waals surface area contributed by atoms with Crippen LogP contribution in [0.2, 0.25) is 0 Å². The number of hydrogen-bond donors (Lipinski definition) is 0. The molecule has 0 unspecified atom stereocenters. The molecule has 2 heteroatoms. The highest BCUT2D eigenvalue weighted by atomic mass is 19.1. The van der Waals surface area contributed by atoms with E-state index >= 15 is 0 Å². The van der Waals surface area contributed by atoms with Crippen LogP contribution >= 0.6 is 0 Å². The van der Waals surface area contributed by atoms with Gasteiger partial charge in [-0.1, -0.05) is 19.1 Å². The first-order valence-electron chi connectivity index (χ1n) is 4.30. The van der Waals surface area contributed by atoms with Crippen molar-refractivity contribution in [2.45, 2.75) is 26.2 Å². The van der Waals surface area contributed by atoms with Crippen LogP contribution in [0, 0.1) is 0 Å². The Labute approximate surface area is 72.7 Å². The average Bonchev–Trinajstić information content (AvgIpc) is 2.16. The second-order valence-corrected chi connectivity index (χ2v) is 2.81. The van der Waals surface area contributed by atoms with Crippen molar-refractivity contribution in [2.75, 3.05) is 7.05 Å². The lowest BCUT2D eigenvalue weighted by Crippen LogP contribution is -2.02. The number of hydrogen-bond acceptors (Lipinski definition) is 1. The van der Waals surface area contributed by atoms with Gasteiger partial charge in [0.05, 0.1) is 0 Å². The summed E-state index contributed by atoms with van der Waals surface area (Å²) in [6.45, 7) is 2.04.